The Morgan fingerprint density at radius 1 is 1.71 bits per heavy atom. The molecule has 4 nitrogen and oxygen atoms in total. The Morgan fingerprint density at radius 3 is 2.64 bits per heavy atom. The van der Waals surface area contributed by atoms with Gasteiger partial charge in [0.15, 0.2) is 0 Å². The molecule has 0 aliphatic heterocycles. The lowest BCUT2D eigenvalue weighted by Crippen LogP contribution is -2.45. The molecule has 82 valence electrons. The number of likely N-dealkylation sites (N-methyl/N-ethyl adjacent to an activating group) is 1. The van der Waals surface area contributed by atoms with E-state index in [9.17, 15) is 4.79 Å². The van der Waals surface area contributed by atoms with Gasteiger partial charge in [0.2, 0.25) is 0 Å². The van der Waals surface area contributed by atoms with Gasteiger partial charge in [0.1, 0.15) is 6.04 Å². The molecule has 0 spiro atoms. The maximum Gasteiger partial charge on any atom is 0.324 e. The van der Waals surface area contributed by atoms with Crippen LogP contribution < -0.4 is 5.73 Å². The first-order valence-corrected chi connectivity index (χ1v) is 5.08. The molecule has 4 heteroatoms. The highest BCUT2D eigenvalue weighted by Crippen LogP contribution is 2.38. The molecule has 3 unspecified atom stereocenters. The molecule has 0 bridgehead atoms. The lowest BCUT2D eigenvalue weighted by molar-refractivity contribution is -0.146. The zero-order valence-corrected chi connectivity index (χ0v) is 9.19. The van der Waals surface area contributed by atoms with Gasteiger partial charge in [-0.1, -0.05) is 6.92 Å². The lowest BCUT2D eigenvalue weighted by Gasteiger charge is -2.24. The normalized spacial score (nSPS) is 27.5. The molecule has 1 aliphatic rings. The Hall–Kier alpha value is -0.610. The fraction of sp³-hybridized carbons (Fsp3) is 0.900. The second kappa shape index (κ2) is 4.75. The summed E-state index contributed by atoms with van der Waals surface area (Å²) in [5, 5.41) is 0. The van der Waals surface area contributed by atoms with Gasteiger partial charge in [-0.25, -0.2) is 0 Å². The quantitative estimate of drug-likeness (QED) is 0.638. The Balaban J connectivity index is 2.39. The van der Waals surface area contributed by atoms with Crippen molar-refractivity contribution in [2.45, 2.75) is 19.4 Å². The van der Waals surface area contributed by atoms with Crippen molar-refractivity contribution in [1.29, 1.82) is 0 Å². The number of nitrogens with zero attached hydrogens (tertiary/aromatic N) is 1. The molecule has 1 rings (SSSR count). The van der Waals surface area contributed by atoms with E-state index in [-0.39, 0.29) is 12.0 Å². The Morgan fingerprint density at radius 2 is 2.29 bits per heavy atom. The van der Waals surface area contributed by atoms with Crippen LogP contribution in [0.15, 0.2) is 0 Å². The molecule has 1 aliphatic carbocycles. The number of ether oxygens (including phenoxy) is 1. The third-order valence-electron chi connectivity index (χ3n) is 3.03. The van der Waals surface area contributed by atoms with Crippen LogP contribution in [0.1, 0.15) is 13.3 Å². The topological polar surface area (TPSA) is 55.6 Å². The zero-order chi connectivity index (χ0) is 10.7. The van der Waals surface area contributed by atoms with Gasteiger partial charge in [0, 0.05) is 13.1 Å². The second-order valence-electron chi connectivity index (χ2n) is 4.19. The highest BCUT2D eigenvalue weighted by molar-refractivity contribution is 5.75. The second-order valence-corrected chi connectivity index (χ2v) is 4.19. The van der Waals surface area contributed by atoms with E-state index >= 15 is 0 Å². The van der Waals surface area contributed by atoms with Gasteiger partial charge in [0.25, 0.3) is 0 Å². The minimum absolute atomic E-state index is 0.233. The Bertz CT molecular complexity index is 208. The van der Waals surface area contributed by atoms with Gasteiger partial charge >= 0.3 is 5.97 Å². The van der Waals surface area contributed by atoms with Crippen molar-refractivity contribution >= 4 is 5.97 Å². The molecule has 0 aromatic carbocycles. The van der Waals surface area contributed by atoms with Crippen LogP contribution in [0.4, 0.5) is 0 Å². The van der Waals surface area contributed by atoms with E-state index in [1.54, 1.807) is 0 Å². The first-order valence-electron chi connectivity index (χ1n) is 5.08. The fourth-order valence-electron chi connectivity index (χ4n) is 1.74. The maximum absolute atomic E-state index is 11.3. The van der Waals surface area contributed by atoms with Gasteiger partial charge in [-0.3, -0.25) is 9.69 Å². The highest BCUT2D eigenvalue weighted by Gasteiger charge is 2.35. The van der Waals surface area contributed by atoms with E-state index in [0.717, 1.165) is 18.4 Å². The van der Waals surface area contributed by atoms with Crippen molar-refractivity contribution in [3.05, 3.63) is 0 Å². The number of carbonyl (C=O) groups is 1. The molecule has 0 radical (unpaired) electrons. The number of rotatable bonds is 5. The minimum Gasteiger partial charge on any atom is -0.468 e. The molecule has 0 saturated heterocycles. The molecule has 1 fully saturated rings. The predicted octanol–water partition coefficient (Wildman–Crippen LogP) is 0.0745. The van der Waals surface area contributed by atoms with Crippen LogP contribution in [0.25, 0.3) is 0 Å². The average molecular weight is 200 g/mol. The van der Waals surface area contributed by atoms with Crippen molar-refractivity contribution in [3.63, 3.8) is 0 Å². The van der Waals surface area contributed by atoms with Crippen molar-refractivity contribution in [2.75, 3.05) is 27.2 Å². The summed E-state index contributed by atoms with van der Waals surface area (Å²) in [6, 6.07) is -0.284. The lowest BCUT2D eigenvalue weighted by atomic mass is 10.2. The summed E-state index contributed by atoms with van der Waals surface area (Å²) < 4.78 is 4.69. The van der Waals surface area contributed by atoms with Crippen LogP contribution >= 0.6 is 0 Å². The third kappa shape index (κ3) is 2.69. The van der Waals surface area contributed by atoms with Crippen LogP contribution in [0, 0.1) is 11.8 Å². The summed E-state index contributed by atoms with van der Waals surface area (Å²) in [6.07, 6.45) is 1.27. The third-order valence-corrected chi connectivity index (χ3v) is 3.03. The van der Waals surface area contributed by atoms with Crippen molar-refractivity contribution < 1.29 is 9.53 Å². The monoisotopic (exact) mass is 200 g/mol. The van der Waals surface area contributed by atoms with Crippen LogP contribution in [0.3, 0.4) is 0 Å². The van der Waals surface area contributed by atoms with E-state index in [4.69, 9.17) is 10.5 Å². The van der Waals surface area contributed by atoms with E-state index in [1.165, 1.54) is 13.5 Å². The van der Waals surface area contributed by atoms with Crippen molar-refractivity contribution in [2.24, 2.45) is 17.6 Å². The van der Waals surface area contributed by atoms with Gasteiger partial charge in [-0.15, -0.1) is 0 Å². The summed E-state index contributed by atoms with van der Waals surface area (Å²) in [7, 11) is 3.33. The summed E-state index contributed by atoms with van der Waals surface area (Å²) >= 11 is 0. The summed E-state index contributed by atoms with van der Waals surface area (Å²) in [6.45, 7) is 3.50. The van der Waals surface area contributed by atoms with Crippen LogP contribution in [0.2, 0.25) is 0 Å². The molecule has 0 aromatic heterocycles. The molecule has 14 heavy (non-hydrogen) atoms. The largest absolute Gasteiger partial charge is 0.468 e. The molecule has 1 saturated carbocycles. The SMILES string of the molecule is COC(=O)C(CN)N(C)CC1CC1C. The molecule has 0 aromatic rings. The molecule has 0 heterocycles. The smallest absolute Gasteiger partial charge is 0.324 e. The highest BCUT2D eigenvalue weighted by atomic mass is 16.5. The van der Waals surface area contributed by atoms with E-state index in [2.05, 4.69) is 6.92 Å². The number of carbonyl (C=O) groups excluding carboxylic acids is 1. The number of hydrogen-bond acceptors (Lipinski definition) is 4. The summed E-state index contributed by atoms with van der Waals surface area (Å²) in [5.41, 5.74) is 5.54. The molecular formula is C10H20N2O2. The van der Waals surface area contributed by atoms with E-state index < -0.39 is 0 Å². The van der Waals surface area contributed by atoms with Gasteiger partial charge < -0.3 is 10.5 Å². The number of esters is 1. The Labute approximate surface area is 85.4 Å². The number of nitrogens with two attached hydrogens (primary N) is 1. The van der Waals surface area contributed by atoms with Crippen molar-refractivity contribution in [1.82, 2.24) is 4.90 Å². The van der Waals surface area contributed by atoms with Gasteiger partial charge in [-0.05, 0) is 25.3 Å². The molecule has 3 atom stereocenters. The predicted molar refractivity (Wildman–Crippen MR) is 54.8 cm³/mol. The minimum atomic E-state index is -0.284. The fourth-order valence-corrected chi connectivity index (χ4v) is 1.74. The van der Waals surface area contributed by atoms with Crippen molar-refractivity contribution in [3.8, 4) is 0 Å². The standard InChI is InChI=1S/C10H20N2O2/c1-7-4-8(7)6-12(2)9(5-11)10(13)14-3/h7-9H,4-6,11H2,1-3H3. The zero-order valence-electron chi connectivity index (χ0n) is 9.19. The van der Waals surface area contributed by atoms with Crippen LogP contribution in [0.5, 0.6) is 0 Å². The van der Waals surface area contributed by atoms with E-state index in [1.807, 2.05) is 11.9 Å². The van der Waals surface area contributed by atoms with Crippen LogP contribution in [-0.4, -0.2) is 44.2 Å². The van der Waals surface area contributed by atoms with Gasteiger partial charge in [0.05, 0.1) is 7.11 Å². The maximum atomic E-state index is 11.3. The summed E-state index contributed by atoms with van der Waals surface area (Å²) in [4.78, 5) is 13.3. The van der Waals surface area contributed by atoms with Gasteiger partial charge in [-0.2, -0.15) is 0 Å². The van der Waals surface area contributed by atoms with Crippen LogP contribution in [-0.2, 0) is 9.53 Å². The Kier molecular flexibility index (Phi) is 3.89. The number of hydrogen-bond donors (Lipinski definition) is 1. The van der Waals surface area contributed by atoms with E-state index in [0.29, 0.717) is 6.54 Å². The first-order chi connectivity index (χ1) is 6.60. The average Bonchev–Trinajstić information content (AvgIpc) is 2.82. The molecular weight excluding hydrogens is 180 g/mol. The molecule has 0 amide bonds. The first kappa shape index (κ1) is 11.5. The molecule has 2 N–H and O–H groups in total. The summed E-state index contributed by atoms with van der Waals surface area (Å²) in [5.74, 6) is 1.30. The number of methoxy groups -OCH3 is 1.